The van der Waals surface area contributed by atoms with Gasteiger partial charge in [0.05, 0.1) is 0 Å². The standard InChI is InChI=1S/Ca.Fe.Mg.H3N.H2S.H4Si.4H/h;;;1H3;1H2;1H4;;;;/q+2;;+2;;;;4*-1. The van der Waals surface area contributed by atoms with E-state index in [0.717, 1.165) is 0 Å². The number of hydrogen-bond donors (Lipinski definition) is 1. The van der Waals surface area contributed by atoms with Crippen molar-refractivity contribution in [1.82, 2.24) is 6.15 Å². The van der Waals surface area contributed by atoms with E-state index in [1.54, 1.807) is 0 Å². The van der Waals surface area contributed by atoms with Crippen molar-refractivity contribution >= 4 is 85.3 Å². The predicted octanol–water partition coefficient (Wildman–Crippen LogP) is -1.49. The maximum atomic E-state index is 0. The SMILES string of the molecule is N.S.[Ca+2].[Fe].[H-].[H-].[H-].[H-].[Mg+2].[SiH4]. The molecule has 0 atom stereocenters. The molecule has 0 spiro atoms. The second-order valence-electron chi connectivity index (χ2n) is 0. The third-order valence-corrected chi connectivity index (χ3v) is 0. The van der Waals surface area contributed by atoms with Crippen LogP contribution in [0, 0.1) is 0 Å². The summed E-state index contributed by atoms with van der Waals surface area (Å²) in [7, 11) is 0. The zero-order chi connectivity index (χ0) is 0. The molecule has 0 rings (SSSR count). The molecule has 0 unspecified atom stereocenters. The molecule has 40 valence electrons. The topological polar surface area (TPSA) is 35.0 Å². The minimum atomic E-state index is 0. The van der Waals surface area contributed by atoms with E-state index in [0.29, 0.717) is 0 Å². The molecule has 0 aromatic heterocycles. The van der Waals surface area contributed by atoms with E-state index in [2.05, 4.69) is 0 Å². The predicted molar refractivity (Wildman–Crippen MR) is 42.7 cm³/mol. The summed E-state index contributed by atoms with van der Waals surface area (Å²) in [4.78, 5) is 0. The molecule has 0 bridgehead atoms. The van der Waals surface area contributed by atoms with Crippen molar-refractivity contribution in [2.24, 2.45) is 0 Å². The molecule has 6 heavy (non-hydrogen) atoms. The minimum absolute atomic E-state index is 0. The van der Waals surface area contributed by atoms with Crippen LogP contribution in [0.3, 0.4) is 0 Å². The molecule has 6 heteroatoms. The van der Waals surface area contributed by atoms with Gasteiger partial charge in [-0.05, 0) is 11.0 Å². The Morgan fingerprint density at radius 3 is 1.17 bits per heavy atom. The molecule has 0 aliphatic heterocycles. The van der Waals surface area contributed by atoms with Crippen LogP contribution in [-0.4, -0.2) is 71.8 Å². The number of hydrogen-bond acceptors (Lipinski definition) is 1. The van der Waals surface area contributed by atoms with Crippen LogP contribution in [0.15, 0.2) is 0 Å². The second kappa shape index (κ2) is 42.8. The summed E-state index contributed by atoms with van der Waals surface area (Å²) in [6.45, 7) is 0. The van der Waals surface area contributed by atoms with Gasteiger partial charge in [0, 0.05) is 17.1 Å². The molecule has 0 aliphatic rings. The van der Waals surface area contributed by atoms with Crippen molar-refractivity contribution < 1.29 is 22.8 Å². The molecule has 0 saturated carbocycles. The molecule has 0 fully saturated rings. The van der Waals surface area contributed by atoms with E-state index in [4.69, 9.17) is 0 Å². The van der Waals surface area contributed by atoms with E-state index in [9.17, 15) is 0 Å². The first-order valence-electron chi connectivity index (χ1n) is 0. The van der Waals surface area contributed by atoms with Gasteiger partial charge in [0.15, 0.2) is 0 Å². The second-order valence-corrected chi connectivity index (χ2v) is 0. The Morgan fingerprint density at radius 1 is 1.17 bits per heavy atom. The zero-order valence-corrected chi connectivity index (χ0v) is 8.70. The third kappa shape index (κ3) is 27.6. The minimum Gasteiger partial charge on any atom is -1.00 e. The van der Waals surface area contributed by atoms with Gasteiger partial charge in [-0.25, -0.2) is 0 Å². The smallest absolute Gasteiger partial charge is 1.00 e. The van der Waals surface area contributed by atoms with Crippen molar-refractivity contribution in [2.75, 3.05) is 0 Å². The molecular weight excluding hydrogens is 194 g/mol. The van der Waals surface area contributed by atoms with Crippen molar-refractivity contribution in [3.63, 3.8) is 0 Å². The summed E-state index contributed by atoms with van der Waals surface area (Å²) in [5.41, 5.74) is 0. The molecule has 0 aliphatic carbocycles. The van der Waals surface area contributed by atoms with Crippen LogP contribution < -0.4 is 6.15 Å². The van der Waals surface area contributed by atoms with Gasteiger partial charge in [0.1, 0.15) is 0 Å². The maximum absolute atomic E-state index is 0. The largest absolute Gasteiger partial charge is 2.00 e. The normalized spacial score (nSPS) is 0. The Labute approximate surface area is 112 Å². The van der Waals surface area contributed by atoms with Gasteiger partial charge in [0.2, 0.25) is 0 Å². The van der Waals surface area contributed by atoms with Gasteiger partial charge < -0.3 is 11.9 Å². The number of rotatable bonds is 0. The Bertz CT molecular complexity index is 25.2. The first-order valence-corrected chi connectivity index (χ1v) is 0. The van der Waals surface area contributed by atoms with Crippen molar-refractivity contribution in [2.45, 2.75) is 0 Å². The van der Waals surface area contributed by atoms with Gasteiger partial charge in [-0.3, -0.25) is 0 Å². The van der Waals surface area contributed by atoms with E-state index in [-0.39, 0.29) is 114 Å². The Kier molecular flexibility index (Phi) is 446. The van der Waals surface area contributed by atoms with E-state index in [1.807, 2.05) is 0 Å². The van der Waals surface area contributed by atoms with Gasteiger partial charge >= 0.3 is 60.8 Å². The molecule has 0 saturated heterocycles. The van der Waals surface area contributed by atoms with E-state index >= 15 is 0 Å². The Balaban J connectivity index is 0. The summed E-state index contributed by atoms with van der Waals surface area (Å²) in [5, 5.41) is 0. The van der Waals surface area contributed by atoms with Crippen LogP contribution in [0.5, 0.6) is 0 Å². The summed E-state index contributed by atoms with van der Waals surface area (Å²) in [5.74, 6) is 0. The average Bonchev–Trinajstić information content (AvgIpc) is 0. The van der Waals surface area contributed by atoms with Crippen molar-refractivity contribution in [1.29, 1.82) is 0 Å². The molecular formula is H13CaFeMgNSSi. The Morgan fingerprint density at radius 2 is 1.17 bits per heavy atom. The zero-order valence-electron chi connectivity index (χ0n) is 6.97. The molecule has 0 heterocycles. The van der Waals surface area contributed by atoms with Gasteiger partial charge in [0.25, 0.3) is 0 Å². The van der Waals surface area contributed by atoms with Crippen LogP contribution in [0.25, 0.3) is 0 Å². The molecule has 3 N–H and O–H groups in total. The van der Waals surface area contributed by atoms with Crippen molar-refractivity contribution in [3.8, 4) is 0 Å². The first kappa shape index (κ1) is 62.6. The summed E-state index contributed by atoms with van der Waals surface area (Å²) < 4.78 is 0. The first-order chi connectivity index (χ1) is 0. The van der Waals surface area contributed by atoms with Crippen LogP contribution in [0.4, 0.5) is 0 Å². The fraction of sp³-hybridized carbons (Fsp3) is 0. The van der Waals surface area contributed by atoms with Crippen molar-refractivity contribution in [3.05, 3.63) is 0 Å². The van der Waals surface area contributed by atoms with Crippen LogP contribution in [0.2, 0.25) is 0 Å². The third-order valence-electron chi connectivity index (χ3n) is 0. The molecule has 1 nitrogen and oxygen atoms in total. The summed E-state index contributed by atoms with van der Waals surface area (Å²) >= 11 is 0. The monoisotopic (exact) mass is 207 g/mol. The van der Waals surface area contributed by atoms with E-state index < -0.39 is 0 Å². The van der Waals surface area contributed by atoms with Crippen LogP contribution >= 0.6 is 13.5 Å². The fourth-order valence-electron chi connectivity index (χ4n) is 0. The van der Waals surface area contributed by atoms with Crippen LogP contribution in [0.1, 0.15) is 5.71 Å². The average molecular weight is 207 g/mol. The van der Waals surface area contributed by atoms with Gasteiger partial charge in [-0.15, -0.1) is 0 Å². The Hall–Kier alpha value is 3.07. The van der Waals surface area contributed by atoms with Crippen LogP contribution in [-0.2, 0) is 17.1 Å². The quantitative estimate of drug-likeness (QED) is 0.483. The molecule has 0 radical (unpaired) electrons. The van der Waals surface area contributed by atoms with E-state index in [1.165, 1.54) is 0 Å². The van der Waals surface area contributed by atoms with Gasteiger partial charge in [-0.2, -0.15) is 13.5 Å². The fourth-order valence-corrected chi connectivity index (χ4v) is 0. The maximum Gasteiger partial charge on any atom is 2.00 e. The molecule has 0 amide bonds. The summed E-state index contributed by atoms with van der Waals surface area (Å²) in [6.07, 6.45) is 0. The van der Waals surface area contributed by atoms with Gasteiger partial charge in [-0.1, -0.05) is 0 Å². The summed E-state index contributed by atoms with van der Waals surface area (Å²) in [6, 6.07) is 0. The molecule has 0 aromatic rings. The molecule has 0 aromatic carbocycles.